The van der Waals surface area contributed by atoms with Crippen LogP contribution in [0, 0.1) is 13.8 Å². The van der Waals surface area contributed by atoms with Crippen molar-refractivity contribution in [1.29, 1.82) is 0 Å². The second-order valence-electron chi connectivity index (χ2n) is 8.60. The second kappa shape index (κ2) is 9.76. The third-order valence-corrected chi connectivity index (χ3v) is 7.19. The minimum absolute atomic E-state index is 0.00315. The van der Waals surface area contributed by atoms with E-state index in [0.717, 1.165) is 16.0 Å². The van der Waals surface area contributed by atoms with Gasteiger partial charge in [0.25, 0.3) is 11.7 Å². The van der Waals surface area contributed by atoms with E-state index in [4.69, 9.17) is 21.1 Å². The molecule has 0 aliphatic carbocycles. The highest BCUT2D eigenvalue weighted by Gasteiger charge is 2.48. The number of methoxy groups -OCH3 is 1. The van der Waals surface area contributed by atoms with Crippen LogP contribution in [0.25, 0.3) is 5.76 Å². The molecule has 1 unspecified atom stereocenters. The van der Waals surface area contributed by atoms with Gasteiger partial charge in [-0.15, -0.1) is 11.3 Å². The molecule has 4 rings (SSSR count). The zero-order valence-corrected chi connectivity index (χ0v) is 21.7. The van der Waals surface area contributed by atoms with Gasteiger partial charge in [0.2, 0.25) is 0 Å². The Kier molecular flexibility index (Phi) is 6.92. The van der Waals surface area contributed by atoms with Crippen molar-refractivity contribution in [3.05, 3.63) is 80.0 Å². The van der Waals surface area contributed by atoms with Crippen molar-refractivity contribution in [3.8, 4) is 11.5 Å². The summed E-state index contributed by atoms with van der Waals surface area (Å²) in [6.45, 7) is 7.65. The molecule has 0 bridgehead atoms. The third kappa shape index (κ3) is 4.54. The SMILES string of the molecule is COc1ccc(N2C(=O)C(=O)/C(=C(\O)c3ccc(OC(C)C)c(C)c3)C2c2sccc2C)cc1Cl. The fraction of sp³-hybridized carbons (Fsp3) is 0.259. The van der Waals surface area contributed by atoms with Crippen LogP contribution in [0.5, 0.6) is 11.5 Å². The number of carbonyl (C=O) groups is 2. The lowest BCUT2D eigenvalue weighted by Gasteiger charge is -2.25. The van der Waals surface area contributed by atoms with Crippen LogP contribution in [0.15, 0.2) is 53.4 Å². The van der Waals surface area contributed by atoms with E-state index in [1.54, 1.807) is 36.4 Å². The number of anilines is 1. The van der Waals surface area contributed by atoms with E-state index in [1.807, 2.05) is 39.1 Å². The molecule has 1 aliphatic rings. The molecule has 1 N–H and O–H groups in total. The quantitative estimate of drug-likeness (QED) is 0.234. The summed E-state index contributed by atoms with van der Waals surface area (Å²) in [5, 5.41) is 13.6. The molecule has 1 atom stereocenters. The van der Waals surface area contributed by atoms with Crippen LogP contribution in [0.3, 0.4) is 0 Å². The lowest BCUT2D eigenvalue weighted by atomic mass is 9.97. The van der Waals surface area contributed by atoms with E-state index in [0.29, 0.717) is 27.8 Å². The monoisotopic (exact) mass is 511 g/mol. The molecule has 6 nitrogen and oxygen atoms in total. The van der Waals surface area contributed by atoms with Gasteiger partial charge in [0.1, 0.15) is 23.3 Å². The van der Waals surface area contributed by atoms with Gasteiger partial charge < -0.3 is 14.6 Å². The Hall–Kier alpha value is -3.29. The average Bonchev–Trinajstić information content (AvgIpc) is 3.34. The van der Waals surface area contributed by atoms with Gasteiger partial charge in [-0.3, -0.25) is 14.5 Å². The number of amides is 1. The molecule has 1 amide bonds. The van der Waals surface area contributed by atoms with E-state index in [2.05, 4.69) is 0 Å². The number of ether oxygens (including phenoxy) is 2. The highest BCUT2D eigenvalue weighted by molar-refractivity contribution is 7.10. The number of benzene rings is 2. The Bertz CT molecular complexity index is 1340. The number of rotatable bonds is 6. The highest BCUT2D eigenvalue weighted by Crippen LogP contribution is 2.46. The number of ketones is 1. The van der Waals surface area contributed by atoms with Crippen LogP contribution in [-0.4, -0.2) is 30.0 Å². The predicted molar refractivity (Wildman–Crippen MR) is 139 cm³/mol. The van der Waals surface area contributed by atoms with Crippen LogP contribution in [0.2, 0.25) is 5.02 Å². The molecular formula is C27H26ClNO5S. The first-order chi connectivity index (χ1) is 16.6. The number of thiophene rings is 1. The fourth-order valence-electron chi connectivity index (χ4n) is 4.15. The van der Waals surface area contributed by atoms with Gasteiger partial charge in [-0.1, -0.05) is 11.6 Å². The molecular weight excluding hydrogens is 486 g/mol. The average molecular weight is 512 g/mol. The van der Waals surface area contributed by atoms with Crippen molar-refractivity contribution in [2.45, 2.75) is 39.8 Å². The van der Waals surface area contributed by atoms with Crippen molar-refractivity contribution in [2.75, 3.05) is 12.0 Å². The Morgan fingerprint density at radius 1 is 1.06 bits per heavy atom. The molecule has 0 saturated carbocycles. The summed E-state index contributed by atoms with van der Waals surface area (Å²) in [4.78, 5) is 28.8. The molecule has 0 radical (unpaired) electrons. The lowest BCUT2D eigenvalue weighted by molar-refractivity contribution is -0.132. The number of aliphatic hydroxyl groups excluding tert-OH is 1. The normalized spacial score (nSPS) is 17.3. The second-order valence-corrected chi connectivity index (χ2v) is 9.96. The first-order valence-corrected chi connectivity index (χ1v) is 12.4. The van der Waals surface area contributed by atoms with Gasteiger partial charge in [-0.05, 0) is 86.7 Å². The number of nitrogens with zero attached hydrogens (tertiary/aromatic N) is 1. The van der Waals surface area contributed by atoms with Crippen LogP contribution in [0.4, 0.5) is 5.69 Å². The van der Waals surface area contributed by atoms with Crippen molar-refractivity contribution in [1.82, 2.24) is 0 Å². The number of hydrogen-bond donors (Lipinski definition) is 1. The zero-order valence-electron chi connectivity index (χ0n) is 20.1. The molecule has 2 heterocycles. The zero-order chi connectivity index (χ0) is 25.4. The van der Waals surface area contributed by atoms with Gasteiger partial charge in [-0.2, -0.15) is 0 Å². The molecule has 2 aromatic carbocycles. The standard InChI is InChI=1S/C27H26ClNO5S/c1-14(2)34-20-8-6-17(12-16(20)4)24(30)22-23(26-15(3)10-11-35-26)29(27(32)25(22)31)18-7-9-21(33-5)19(28)13-18/h6-14,23,30H,1-5H3/b24-22-. The van der Waals surface area contributed by atoms with E-state index in [-0.39, 0.29) is 17.4 Å². The topological polar surface area (TPSA) is 76.1 Å². The number of halogens is 1. The Labute approximate surface area is 213 Å². The minimum atomic E-state index is -0.800. The smallest absolute Gasteiger partial charge is 0.300 e. The van der Waals surface area contributed by atoms with Crippen molar-refractivity contribution < 1.29 is 24.2 Å². The number of aryl methyl sites for hydroxylation is 2. The van der Waals surface area contributed by atoms with Gasteiger partial charge in [0.05, 0.1) is 23.8 Å². The van der Waals surface area contributed by atoms with Crippen molar-refractivity contribution in [2.24, 2.45) is 0 Å². The lowest BCUT2D eigenvalue weighted by Crippen LogP contribution is -2.29. The molecule has 1 saturated heterocycles. The largest absolute Gasteiger partial charge is 0.507 e. The molecule has 35 heavy (non-hydrogen) atoms. The summed E-state index contributed by atoms with van der Waals surface area (Å²) in [5.41, 5.74) is 2.62. The summed E-state index contributed by atoms with van der Waals surface area (Å²) >= 11 is 7.76. The van der Waals surface area contributed by atoms with Gasteiger partial charge in [-0.25, -0.2) is 0 Å². The van der Waals surface area contributed by atoms with Crippen LogP contribution < -0.4 is 14.4 Å². The summed E-state index contributed by atoms with van der Waals surface area (Å²) in [6.07, 6.45) is -0.00315. The van der Waals surface area contributed by atoms with Crippen LogP contribution >= 0.6 is 22.9 Å². The predicted octanol–water partition coefficient (Wildman–Crippen LogP) is 6.44. The number of aliphatic hydroxyl groups is 1. The van der Waals surface area contributed by atoms with Gasteiger partial charge >= 0.3 is 0 Å². The fourth-order valence-corrected chi connectivity index (χ4v) is 5.43. The summed E-state index contributed by atoms with van der Waals surface area (Å²) < 4.78 is 11.0. The maximum atomic E-state index is 13.3. The van der Waals surface area contributed by atoms with Gasteiger partial charge in [0.15, 0.2) is 0 Å². The first kappa shape index (κ1) is 24.8. The maximum absolute atomic E-state index is 13.3. The van der Waals surface area contributed by atoms with Crippen molar-refractivity contribution >= 4 is 46.1 Å². The van der Waals surface area contributed by atoms with Crippen molar-refractivity contribution in [3.63, 3.8) is 0 Å². The minimum Gasteiger partial charge on any atom is -0.507 e. The number of hydrogen-bond acceptors (Lipinski definition) is 6. The molecule has 0 spiro atoms. The number of Topliss-reactive ketones (excluding diaryl/α,β-unsaturated/α-hetero) is 1. The molecule has 182 valence electrons. The van der Waals surface area contributed by atoms with E-state index >= 15 is 0 Å². The maximum Gasteiger partial charge on any atom is 0.300 e. The Morgan fingerprint density at radius 2 is 1.77 bits per heavy atom. The molecule has 1 aliphatic heterocycles. The first-order valence-electron chi connectivity index (χ1n) is 11.1. The summed E-state index contributed by atoms with van der Waals surface area (Å²) in [6, 6.07) is 11.2. The molecule has 3 aromatic rings. The molecule has 8 heteroatoms. The summed E-state index contributed by atoms with van der Waals surface area (Å²) in [5.74, 6) is -0.581. The Balaban J connectivity index is 1.89. The Morgan fingerprint density at radius 3 is 2.34 bits per heavy atom. The van der Waals surface area contributed by atoms with Crippen LogP contribution in [0.1, 0.15) is 41.5 Å². The third-order valence-electron chi connectivity index (χ3n) is 5.82. The molecule has 1 fully saturated rings. The number of carbonyl (C=O) groups excluding carboxylic acids is 2. The van der Waals surface area contributed by atoms with E-state index in [1.165, 1.54) is 23.3 Å². The van der Waals surface area contributed by atoms with E-state index < -0.39 is 17.7 Å². The van der Waals surface area contributed by atoms with Gasteiger partial charge in [0, 0.05) is 16.1 Å². The molecule has 1 aromatic heterocycles. The van der Waals surface area contributed by atoms with Crippen LogP contribution in [-0.2, 0) is 9.59 Å². The highest BCUT2D eigenvalue weighted by atomic mass is 35.5. The van der Waals surface area contributed by atoms with E-state index in [9.17, 15) is 14.7 Å². The summed E-state index contributed by atoms with van der Waals surface area (Å²) in [7, 11) is 1.50.